The van der Waals surface area contributed by atoms with E-state index in [4.69, 9.17) is 25.8 Å². The van der Waals surface area contributed by atoms with Crippen LogP contribution in [-0.4, -0.2) is 44.2 Å². The molecule has 10 nitrogen and oxygen atoms in total. The summed E-state index contributed by atoms with van der Waals surface area (Å²) >= 11 is 5.87. The molecule has 2 amide bonds. The third-order valence-electron chi connectivity index (χ3n) is 4.79. The first-order chi connectivity index (χ1) is 16.8. The Morgan fingerprint density at radius 2 is 1.60 bits per heavy atom. The van der Waals surface area contributed by atoms with Gasteiger partial charge in [-0.2, -0.15) is 0 Å². The lowest BCUT2D eigenvalue weighted by Gasteiger charge is -2.14. The molecule has 0 unspecified atom stereocenters. The number of nitro benzene ring substituents is 1. The van der Waals surface area contributed by atoms with E-state index in [0.29, 0.717) is 10.7 Å². The van der Waals surface area contributed by atoms with E-state index in [-0.39, 0.29) is 41.5 Å². The van der Waals surface area contributed by atoms with Crippen molar-refractivity contribution in [2.24, 2.45) is 0 Å². The molecule has 2 N–H and O–H groups in total. The number of carbonyl (C=O) groups excluding carboxylic acids is 2. The lowest BCUT2D eigenvalue weighted by atomic mass is 10.1. The van der Waals surface area contributed by atoms with Crippen molar-refractivity contribution >= 4 is 40.5 Å². The highest BCUT2D eigenvalue weighted by molar-refractivity contribution is 6.30. The molecule has 3 aromatic carbocycles. The number of nitrogens with zero attached hydrogens (tertiary/aromatic N) is 1. The maximum Gasteiger partial charge on any atom is 0.286 e. The first kappa shape index (κ1) is 25.5. The van der Waals surface area contributed by atoms with Gasteiger partial charge in [0.15, 0.2) is 11.5 Å². The van der Waals surface area contributed by atoms with Crippen LogP contribution >= 0.6 is 11.6 Å². The van der Waals surface area contributed by atoms with Crippen LogP contribution in [0.2, 0.25) is 5.02 Å². The zero-order chi connectivity index (χ0) is 25.4. The van der Waals surface area contributed by atoms with Crippen molar-refractivity contribution in [1.82, 2.24) is 0 Å². The molecule has 0 aromatic heterocycles. The lowest BCUT2D eigenvalue weighted by Crippen LogP contribution is -2.19. The van der Waals surface area contributed by atoms with Gasteiger partial charge in [0.25, 0.3) is 17.5 Å². The minimum absolute atomic E-state index is 0.0931. The van der Waals surface area contributed by atoms with Crippen molar-refractivity contribution in [1.29, 1.82) is 0 Å². The minimum atomic E-state index is -0.801. The first-order valence-electron chi connectivity index (χ1n) is 10.3. The Bertz CT molecular complexity index is 1230. The monoisotopic (exact) mass is 499 g/mol. The second kappa shape index (κ2) is 11.8. The molecule has 3 aromatic rings. The molecule has 0 aliphatic rings. The minimum Gasteiger partial charge on any atom is -0.493 e. The highest BCUT2D eigenvalue weighted by atomic mass is 35.5. The molecule has 0 aliphatic carbocycles. The van der Waals surface area contributed by atoms with Crippen LogP contribution in [0.4, 0.5) is 17.1 Å². The average molecular weight is 500 g/mol. The summed E-state index contributed by atoms with van der Waals surface area (Å²) in [4.78, 5) is 36.9. The van der Waals surface area contributed by atoms with Crippen molar-refractivity contribution in [2.45, 2.75) is 0 Å². The maximum atomic E-state index is 13.1. The zero-order valence-electron chi connectivity index (χ0n) is 18.9. The highest BCUT2D eigenvalue weighted by Gasteiger charge is 2.26. The van der Waals surface area contributed by atoms with Crippen molar-refractivity contribution in [3.05, 3.63) is 86.9 Å². The van der Waals surface area contributed by atoms with E-state index in [1.807, 2.05) is 0 Å². The molecule has 0 aliphatic heterocycles. The summed E-state index contributed by atoms with van der Waals surface area (Å²) < 4.78 is 15.6. The van der Waals surface area contributed by atoms with Crippen LogP contribution in [0.3, 0.4) is 0 Å². The topological polar surface area (TPSA) is 129 Å². The number of nitrogens with one attached hydrogen (secondary N) is 2. The normalized spacial score (nSPS) is 10.4. The van der Waals surface area contributed by atoms with Crippen LogP contribution in [-0.2, 0) is 4.74 Å². The second-order valence-electron chi connectivity index (χ2n) is 7.08. The maximum absolute atomic E-state index is 13.1. The van der Waals surface area contributed by atoms with Crippen LogP contribution in [0.1, 0.15) is 20.7 Å². The Balaban J connectivity index is 1.88. The van der Waals surface area contributed by atoms with Crippen LogP contribution in [0.25, 0.3) is 0 Å². The number of nitro groups is 1. The van der Waals surface area contributed by atoms with E-state index in [0.717, 1.165) is 6.07 Å². The summed E-state index contributed by atoms with van der Waals surface area (Å²) in [5.41, 5.74) is 0.0743. The molecule has 0 radical (unpaired) electrons. The summed E-state index contributed by atoms with van der Waals surface area (Å²) in [6.07, 6.45) is 0. The molecule has 0 spiro atoms. The van der Waals surface area contributed by atoms with Gasteiger partial charge in [-0.25, -0.2) is 0 Å². The highest BCUT2D eigenvalue weighted by Crippen LogP contribution is 2.35. The predicted molar refractivity (Wildman–Crippen MR) is 131 cm³/mol. The zero-order valence-corrected chi connectivity index (χ0v) is 19.6. The van der Waals surface area contributed by atoms with Crippen molar-refractivity contribution in [2.75, 3.05) is 38.1 Å². The van der Waals surface area contributed by atoms with E-state index in [9.17, 15) is 19.7 Å². The van der Waals surface area contributed by atoms with Crippen molar-refractivity contribution < 1.29 is 28.7 Å². The lowest BCUT2D eigenvalue weighted by molar-refractivity contribution is -0.385. The molecule has 0 saturated heterocycles. The third kappa shape index (κ3) is 6.46. The standard InChI is InChI=1S/C24H22ClN3O7/c1-33-11-12-35-22-14-20(28(31)32)18(13-21(22)34-2)24(30)27-19-6-4-3-5-17(19)23(29)26-16-9-7-15(25)8-10-16/h3-10,13-14H,11-12H2,1-2H3,(H,26,29)(H,27,30). The first-order valence-corrected chi connectivity index (χ1v) is 10.7. The number of benzene rings is 3. The molecule has 0 heterocycles. The Morgan fingerprint density at radius 1 is 0.914 bits per heavy atom. The molecule has 11 heteroatoms. The molecule has 0 atom stereocenters. The number of amides is 2. The van der Waals surface area contributed by atoms with Crippen molar-refractivity contribution in [3.8, 4) is 11.5 Å². The number of ether oxygens (including phenoxy) is 3. The van der Waals surface area contributed by atoms with Gasteiger partial charge < -0.3 is 24.8 Å². The number of hydrogen-bond donors (Lipinski definition) is 2. The Kier molecular flexibility index (Phi) is 8.60. The second-order valence-corrected chi connectivity index (χ2v) is 7.52. The SMILES string of the molecule is COCCOc1cc([N+](=O)[O-])c(C(=O)Nc2ccccc2C(=O)Nc2ccc(Cl)cc2)cc1OC. The van der Waals surface area contributed by atoms with Gasteiger partial charge >= 0.3 is 0 Å². The van der Waals surface area contributed by atoms with Crippen LogP contribution in [0.15, 0.2) is 60.7 Å². The van der Waals surface area contributed by atoms with Gasteiger partial charge in [-0.15, -0.1) is 0 Å². The summed E-state index contributed by atoms with van der Waals surface area (Å²) in [6, 6.07) is 15.1. The van der Waals surface area contributed by atoms with E-state index in [1.165, 1.54) is 32.4 Å². The number of hydrogen-bond acceptors (Lipinski definition) is 7. The van der Waals surface area contributed by atoms with Gasteiger partial charge in [0.05, 0.1) is 36.0 Å². The van der Waals surface area contributed by atoms with E-state index < -0.39 is 22.4 Å². The summed E-state index contributed by atoms with van der Waals surface area (Å²) in [6.45, 7) is 0.389. The van der Waals surface area contributed by atoms with Gasteiger partial charge in [0.1, 0.15) is 12.2 Å². The Labute approximate surface area is 205 Å². The average Bonchev–Trinajstić information content (AvgIpc) is 2.85. The van der Waals surface area contributed by atoms with Crippen LogP contribution in [0, 0.1) is 10.1 Å². The fraction of sp³-hybridized carbons (Fsp3) is 0.167. The number of halogens is 1. The predicted octanol–water partition coefficient (Wildman–Crippen LogP) is 4.79. The Hall–Kier alpha value is -4.15. The van der Waals surface area contributed by atoms with E-state index >= 15 is 0 Å². The van der Waals surface area contributed by atoms with Gasteiger partial charge in [-0.05, 0) is 36.4 Å². The van der Waals surface area contributed by atoms with Gasteiger partial charge in [0, 0.05) is 23.9 Å². The summed E-state index contributed by atoms with van der Waals surface area (Å²) in [7, 11) is 2.84. The molecule has 182 valence electrons. The van der Waals surface area contributed by atoms with Crippen LogP contribution < -0.4 is 20.1 Å². The molecular weight excluding hydrogens is 478 g/mol. The largest absolute Gasteiger partial charge is 0.493 e. The quantitative estimate of drug-likeness (QED) is 0.233. The molecule has 35 heavy (non-hydrogen) atoms. The smallest absolute Gasteiger partial charge is 0.286 e. The number of rotatable bonds is 10. The Morgan fingerprint density at radius 3 is 2.26 bits per heavy atom. The molecule has 0 fully saturated rings. The third-order valence-corrected chi connectivity index (χ3v) is 5.04. The van der Waals surface area contributed by atoms with Crippen molar-refractivity contribution in [3.63, 3.8) is 0 Å². The summed E-state index contributed by atoms with van der Waals surface area (Å²) in [5, 5.41) is 17.5. The molecular formula is C24H22ClN3O7. The van der Waals surface area contributed by atoms with Gasteiger partial charge in [0.2, 0.25) is 0 Å². The van der Waals surface area contributed by atoms with Gasteiger partial charge in [-0.1, -0.05) is 23.7 Å². The summed E-state index contributed by atoms with van der Waals surface area (Å²) in [5.74, 6) is -1.07. The van der Waals surface area contributed by atoms with E-state index in [2.05, 4.69) is 10.6 Å². The number of methoxy groups -OCH3 is 2. The molecule has 3 rings (SSSR count). The fourth-order valence-electron chi connectivity index (χ4n) is 3.10. The van der Waals surface area contributed by atoms with E-state index in [1.54, 1.807) is 36.4 Å². The van der Waals surface area contributed by atoms with Crippen LogP contribution in [0.5, 0.6) is 11.5 Å². The fourth-order valence-corrected chi connectivity index (χ4v) is 3.23. The number of carbonyl (C=O) groups is 2. The number of anilines is 2. The van der Waals surface area contributed by atoms with Gasteiger partial charge in [-0.3, -0.25) is 19.7 Å². The molecule has 0 bridgehead atoms. The number of para-hydroxylation sites is 1. The molecule has 0 saturated carbocycles.